The number of rotatable bonds is 8. The van der Waals surface area contributed by atoms with Crippen molar-refractivity contribution in [3.63, 3.8) is 0 Å². The fourth-order valence-corrected chi connectivity index (χ4v) is 4.95. The van der Waals surface area contributed by atoms with Gasteiger partial charge in [0.2, 0.25) is 10.0 Å². The molecule has 32 heavy (non-hydrogen) atoms. The molecule has 0 unspecified atom stereocenters. The van der Waals surface area contributed by atoms with Crippen molar-refractivity contribution >= 4 is 22.4 Å². The van der Waals surface area contributed by atoms with E-state index < -0.39 is 26.7 Å². The zero-order valence-electron chi connectivity index (χ0n) is 17.7. The van der Waals surface area contributed by atoms with Crippen LogP contribution in [0.3, 0.4) is 0 Å². The zero-order chi connectivity index (χ0) is 22.6. The highest BCUT2D eigenvalue weighted by molar-refractivity contribution is 7.89. The predicted molar refractivity (Wildman–Crippen MR) is 117 cm³/mol. The molecule has 0 radical (unpaired) electrons. The molecule has 0 aromatic heterocycles. The van der Waals surface area contributed by atoms with E-state index in [9.17, 15) is 21.6 Å². The minimum atomic E-state index is -4.74. The second-order valence-electron chi connectivity index (χ2n) is 7.25. The van der Waals surface area contributed by atoms with Crippen LogP contribution in [0.2, 0.25) is 0 Å². The van der Waals surface area contributed by atoms with Gasteiger partial charge in [0.05, 0.1) is 24.7 Å². The third-order valence-corrected chi connectivity index (χ3v) is 6.74. The van der Waals surface area contributed by atoms with E-state index >= 15 is 0 Å². The molecule has 3 rings (SSSR count). The molecule has 11 heteroatoms. The summed E-state index contributed by atoms with van der Waals surface area (Å²) in [7, 11) is -1.09. The lowest BCUT2D eigenvalue weighted by molar-refractivity contribution is -0.139. The van der Waals surface area contributed by atoms with E-state index in [2.05, 4.69) is 9.62 Å². The third kappa shape index (κ3) is 6.06. The van der Waals surface area contributed by atoms with E-state index in [0.29, 0.717) is 31.0 Å². The van der Waals surface area contributed by atoms with Gasteiger partial charge in [-0.25, -0.2) is 13.1 Å². The fourth-order valence-electron chi connectivity index (χ4n) is 3.65. The maximum atomic E-state index is 13.1. The molecule has 0 fully saturated rings. The maximum Gasteiger partial charge on any atom is 0.417 e. The first kappa shape index (κ1) is 26.2. The summed E-state index contributed by atoms with van der Waals surface area (Å²) >= 11 is 0. The molecule has 2 aromatic rings. The van der Waals surface area contributed by atoms with Gasteiger partial charge >= 0.3 is 6.18 Å². The number of fused-ring (bicyclic) bond motifs is 1. The van der Waals surface area contributed by atoms with Gasteiger partial charge in [0.15, 0.2) is 11.5 Å². The van der Waals surface area contributed by atoms with E-state index in [1.807, 2.05) is 12.1 Å². The van der Waals surface area contributed by atoms with Crippen LogP contribution in [0.25, 0.3) is 0 Å². The van der Waals surface area contributed by atoms with Crippen molar-refractivity contribution in [1.82, 2.24) is 9.62 Å². The summed E-state index contributed by atoms with van der Waals surface area (Å²) < 4.78 is 77.1. The van der Waals surface area contributed by atoms with Gasteiger partial charge in [0.1, 0.15) is 0 Å². The molecule has 0 atom stereocenters. The van der Waals surface area contributed by atoms with Crippen molar-refractivity contribution in [2.24, 2.45) is 0 Å². The van der Waals surface area contributed by atoms with Crippen LogP contribution in [0.15, 0.2) is 41.3 Å². The van der Waals surface area contributed by atoms with Crippen LogP contribution in [-0.2, 0) is 29.2 Å². The SMILES string of the molecule is COc1cc2c(cc1OC)CN(CCCNS(=O)(=O)c1ccccc1C(F)(F)F)CC2.Cl. The van der Waals surface area contributed by atoms with Crippen LogP contribution >= 0.6 is 12.4 Å². The minimum absolute atomic E-state index is 0. The first-order valence-corrected chi connectivity index (χ1v) is 11.3. The molecule has 1 aliphatic heterocycles. The average molecular weight is 495 g/mol. The second kappa shape index (κ2) is 10.7. The van der Waals surface area contributed by atoms with E-state index in [-0.39, 0.29) is 19.0 Å². The van der Waals surface area contributed by atoms with Crippen LogP contribution in [0, 0.1) is 0 Å². The Balaban J connectivity index is 0.00000363. The Morgan fingerprint density at radius 3 is 2.31 bits per heavy atom. The summed E-state index contributed by atoms with van der Waals surface area (Å²) in [6, 6.07) is 8.09. The number of methoxy groups -OCH3 is 2. The molecule has 0 bridgehead atoms. The Morgan fingerprint density at radius 1 is 1.06 bits per heavy atom. The number of nitrogens with one attached hydrogen (secondary N) is 1. The van der Waals surface area contributed by atoms with Crippen molar-refractivity contribution < 1.29 is 31.1 Å². The number of nitrogens with zero attached hydrogens (tertiary/aromatic N) is 1. The zero-order valence-corrected chi connectivity index (χ0v) is 19.4. The fraction of sp³-hybridized carbons (Fsp3) is 0.429. The summed E-state index contributed by atoms with van der Waals surface area (Å²) in [5.41, 5.74) is 1.13. The van der Waals surface area contributed by atoms with Crippen molar-refractivity contribution in [3.8, 4) is 11.5 Å². The van der Waals surface area contributed by atoms with Gasteiger partial charge in [0.25, 0.3) is 0 Å². The number of ether oxygens (including phenoxy) is 2. The average Bonchev–Trinajstić information content (AvgIpc) is 2.75. The lowest BCUT2D eigenvalue weighted by atomic mass is 9.98. The number of hydrogen-bond donors (Lipinski definition) is 1. The molecule has 2 aromatic carbocycles. The molecule has 0 spiro atoms. The number of halogens is 4. The first-order valence-electron chi connectivity index (χ1n) is 9.77. The summed E-state index contributed by atoms with van der Waals surface area (Å²) in [4.78, 5) is 1.42. The quantitative estimate of drug-likeness (QED) is 0.564. The summed E-state index contributed by atoms with van der Waals surface area (Å²) in [6.07, 6.45) is -3.45. The normalized spacial score (nSPS) is 14.4. The third-order valence-electron chi connectivity index (χ3n) is 5.22. The van der Waals surface area contributed by atoms with Gasteiger partial charge in [-0.2, -0.15) is 13.2 Å². The molecule has 0 amide bonds. The van der Waals surface area contributed by atoms with Gasteiger partial charge in [-0.1, -0.05) is 12.1 Å². The molecule has 1 heterocycles. The number of alkyl halides is 3. The largest absolute Gasteiger partial charge is 0.493 e. The van der Waals surface area contributed by atoms with E-state index in [1.165, 1.54) is 17.7 Å². The van der Waals surface area contributed by atoms with Gasteiger partial charge in [-0.3, -0.25) is 4.90 Å². The van der Waals surface area contributed by atoms with E-state index in [4.69, 9.17) is 9.47 Å². The van der Waals surface area contributed by atoms with Gasteiger partial charge in [0, 0.05) is 19.6 Å². The lowest BCUT2D eigenvalue weighted by Crippen LogP contribution is -2.34. The predicted octanol–water partition coefficient (Wildman–Crippen LogP) is 3.87. The van der Waals surface area contributed by atoms with Crippen LogP contribution in [-0.4, -0.2) is 47.2 Å². The van der Waals surface area contributed by atoms with Gasteiger partial charge in [-0.15, -0.1) is 12.4 Å². The highest BCUT2D eigenvalue weighted by Gasteiger charge is 2.36. The molecule has 6 nitrogen and oxygen atoms in total. The smallest absolute Gasteiger partial charge is 0.417 e. The lowest BCUT2D eigenvalue weighted by Gasteiger charge is -2.29. The molecule has 0 saturated heterocycles. The highest BCUT2D eigenvalue weighted by Crippen LogP contribution is 2.34. The Bertz CT molecular complexity index is 1030. The van der Waals surface area contributed by atoms with Crippen molar-refractivity contribution in [1.29, 1.82) is 0 Å². The molecular formula is C21H26ClF3N2O4S. The molecule has 0 aliphatic carbocycles. The number of hydrogen-bond acceptors (Lipinski definition) is 5. The maximum absolute atomic E-state index is 13.1. The number of sulfonamides is 1. The van der Waals surface area contributed by atoms with Crippen LogP contribution in [0.1, 0.15) is 23.1 Å². The Hall–Kier alpha value is -2.01. The standard InChI is InChI=1S/C21H25F3N2O4S.ClH/c1-29-18-12-15-8-11-26(14-16(15)13-19(18)30-2)10-5-9-25-31(27,28)20-7-4-3-6-17(20)21(22,23)24;/h3-4,6-7,12-13,25H,5,8-11,14H2,1-2H3;1H. The molecular weight excluding hydrogens is 469 g/mol. The Kier molecular flexibility index (Phi) is 8.81. The Labute approximate surface area is 192 Å². The second-order valence-corrected chi connectivity index (χ2v) is 8.98. The Morgan fingerprint density at radius 2 is 1.69 bits per heavy atom. The molecule has 1 aliphatic rings. The van der Waals surface area contributed by atoms with E-state index in [1.54, 1.807) is 14.2 Å². The van der Waals surface area contributed by atoms with Crippen molar-refractivity contribution in [2.45, 2.75) is 30.5 Å². The van der Waals surface area contributed by atoms with Crippen molar-refractivity contribution in [3.05, 3.63) is 53.1 Å². The molecule has 178 valence electrons. The minimum Gasteiger partial charge on any atom is -0.493 e. The van der Waals surface area contributed by atoms with Gasteiger partial charge in [-0.05, 0) is 54.8 Å². The van der Waals surface area contributed by atoms with Gasteiger partial charge < -0.3 is 9.47 Å². The summed E-state index contributed by atoms with van der Waals surface area (Å²) in [5, 5.41) is 0. The summed E-state index contributed by atoms with van der Waals surface area (Å²) in [5.74, 6) is 1.34. The topological polar surface area (TPSA) is 67.9 Å². The van der Waals surface area contributed by atoms with Crippen LogP contribution < -0.4 is 14.2 Å². The van der Waals surface area contributed by atoms with E-state index in [0.717, 1.165) is 30.7 Å². The number of benzene rings is 2. The molecule has 0 saturated carbocycles. The summed E-state index contributed by atoms with van der Waals surface area (Å²) in [6.45, 7) is 2.13. The first-order chi connectivity index (χ1) is 14.7. The van der Waals surface area contributed by atoms with Crippen LogP contribution in [0.4, 0.5) is 13.2 Å². The highest BCUT2D eigenvalue weighted by atomic mass is 35.5. The van der Waals surface area contributed by atoms with Crippen LogP contribution in [0.5, 0.6) is 11.5 Å². The van der Waals surface area contributed by atoms with Crippen molar-refractivity contribution in [2.75, 3.05) is 33.9 Å². The molecule has 1 N–H and O–H groups in total. The monoisotopic (exact) mass is 494 g/mol.